The first-order chi connectivity index (χ1) is 68.4. The molecule has 0 bridgehead atoms. The maximum absolute atomic E-state index is 11.1. The first-order valence-corrected chi connectivity index (χ1v) is 52.3. The molecular weight excluding hydrogens is 1830 g/mol. The van der Waals surface area contributed by atoms with Gasteiger partial charge in [0.2, 0.25) is 0 Å². The van der Waals surface area contributed by atoms with Crippen LogP contribution in [-0.2, 0) is 104 Å². The van der Waals surface area contributed by atoms with E-state index in [0.29, 0.717) is 185 Å². The molecule has 0 spiro atoms. The number of hydrogen-bond acceptors (Lipinski definition) is 45. The monoisotopic (exact) mass is 2020 g/mol. The zero-order chi connectivity index (χ0) is 99.2. The summed E-state index contributed by atoms with van der Waals surface area (Å²) in [5.41, 5.74) is -1.70. The van der Waals surface area contributed by atoms with Crippen LogP contribution in [0, 0.1) is 16.2 Å². The molecule has 140 heavy (non-hydrogen) atoms. The van der Waals surface area contributed by atoms with Crippen molar-refractivity contribution in [2.45, 2.75) is 112 Å². The lowest BCUT2D eigenvalue weighted by atomic mass is 9.92. The Morgan fingerprint density at radius 1 is 0.207 bits per heavy atom. The number of β-amino-alcohol motifs (C(OH)–C–C–N with tert-alkyl or cyclic N) is 8. The van der Waals surface area contributed by atoms with Crippen molar-refractivity contribution < 1.29 is 150 Å². The Hall–Kier alpha value is -1.80. The van der Waals surface area contributed by atoms with Gasteiger partial charge in [-0.25, -0.2) is 0 Å². The van der Waals surface area contributed by atoms with Gasteiger partial charge in [-0.2, -0.15) is 0 Å². The fourth-order valence-corrected chi connectivity index (χ4v) is 16.9. The van der Waals surface area contributed by atoms with Crippen LogP contribution in [0.2, 0.25) is 0 Å². The highest BCUT2D eigenvalue weighted by Gasteiger charge is 2.41. The van der Waals surface area contributed by atoms with Gasteiger partial charge in [-0.05, 0) is 20.8 Å². The first-order valence-electron chi connectivity index (χ1n) is 52.3. The SMILES string of the molecule is C(OCC(COCC1CO1)(COCC1CO1)COCC1CO1)C1CO1.C1CNCCN1.CCOCC(O)CN1CCN(CC(O)COCC(COCC(O)CN2CCNCC2)(COCC(O)CN2CCNCC2)COCC(O)CN2CCNCC2)CC1.CCOCC(O)CN1CCN(CC(O)COCC(COCC2CO2)(COCC2CO2)COCC2CO2)CC1.CCOCC(O)CN1CCNCC1.CO. The molecule has 14 aliphatic rings. The van der Waals surface area contributed by atoms with Crippen molar-refractivity contribution in [3.8, 4) is 0 Å². The summed E-state index contributed by atoms with van der Waals surface area (Å²) >= 11 is 0. The molecule has 14 heterocycles. The van der Waals surface area contributed by atoms with Crippen molar-refractivity contribution in [2.75, 3.05) is 487 Å². The number of nitrogens with zero attached hydrogens (tertiary/aromatic N) is 8. The standard InChI is InChI=1S/C38H78N8O10.C26H48N2O10.C17H28O8.C9H20N2O2.C4H10N2.CH4O/c1-2-52-24-33(47)22-45-15-17-46(18-16-45)23-37(51)28-56-32-38(29-53-25-34(48)19-42-9-3-39-4-10-42,30-54-26-35(49)20-43-11-5-40-6-12-43)31-55-27-36(50)21-44-13-7-41-8-14-44;1-2-31-9-21(29)7-27-3-5-28(6-4-27)8-22(30)10-32-17-26(18-33-11-23-14-36-23,19-34-12-24-15-37-24)20-35-13-25-16-38-25;1(13-5-22-13)18-9-17(10-19-2-14-6-23-14,11-20-3-15-7-24-15)12-21-4-16-8-25-16;1-2-13-8-9(12)7-11-5-3-10-4-6-11;1-2-6-4-3-5-1;1-2/h33-37,39-41,47-51H,2-32H2,1H3;21-25,29-30H,2-20H2,1H3;13-16H,1-12H2;9-10,12H,2-8H2,1H3;5-6H,1-4H2;2H,1H3. The van der Waals surface area contributed by atoms with Crippen LogP contribution in [0.5, 0.6) is 0 Å². The number of ether oxygens (including phenoxy) is 22. The summed E-state index contributed by atoms with van der Waals surface area (Å²) in [6.07, 6.45) is -3.22. The lowest BCUT2D eigenvalue weighted by Gasteiger charge is -2.37. The minimum Gasteiger partial charge on any atom is -0.400 e. The molecule has 15 unspecified atom stereocenters. The predicted molar refractivity (Wildman–Crippen MR) is 520 cm³/mol. The molecule has 45 heteroatoms. The van der Waals surface area contributed by atoms with E-state index in [1.165, 1.54) is 0 Å². The predicted octanol–water partition coefficient (Wildman–Crippen LogP) is -8.46. The number of epoxide rings is 7. The number of piperazine rings is 7. The zero-order valence-corrected chi connectivity index (χ0v) is 85.4. The fraction of sp³-hybridized carbons (Fsp3) is 1.00. The number of rotatable bonds is 73. The third kappa shape index (κ3) is 59.1. The summed E-state index contributed by atoms with van der Waals surface area (Å²) in [7, 11) is 1.00. The molecule has 0 aliphatic carbocycles. The summed E-state index contributed by atoms with van der Waals surface area (Å²) in [6, 6.07) is 0. The zero-order valence-electron chi connectivity index (χ0n) is 85.4. The van der Waals surface area contributed by atoms with E-state index in [1.54, 1.807) is 0 Å². The maximum Gasteiger partial charge on any atom is 0.104 e. The van der Waals surface area contributed by atoms with Crippen molar-refractivity contribution in [2.24, 2.45) is 16.2 Å². The second kappa shape index (κ2) is 73.4. The Morgan fingerprint density at radius 3 is 0.471 bits per heavy atom. The van der Waals surface area contributed by atoms with Crippen LogP contribution >= 0.6 is 0 Å². The molecule has 14 aliphatic heterocycles. The third-order valence-corrected chi connectivity index (χ3v) is 25.4. The minimum atomic E-state index is -0.841. The van der Waals surface area contributed by atoms with Gasteiger partial charge in [0.25, 0.3) is 0 Å². The van der Waals surface area contributed by atoms with E-state index < -0.39 is 53.6 Å². The van der Waals surface area contributed by atoms with Crippen molar-refractivity contribution in [1.82, 2.24) is 71.1 Å². The largest absolute Gasteiger partial charge is 0.400 e. The smallest absolute Gasteiger partial charge is 0.104 e. The van der Waals surface area contributed by atoms with Gasteiger partial charge >= 0.3 is 0 Å². The van der Waals surface area contributed by atoms with Crippen molar-refractivity contribution >= 4 is 0 Å². The Kier molecular flexibility index (Phi) is 63.8. The maximum atomic E-state index is 11.1. The number of aliphatic hydroxyl groups excluding tert-OH is 9. The highest BCUT2D eigenvalue weighted by atomic mass is 16.6. The molecule has 0 aromatic carbocycles. The van der Waals surface area contributed by atoms with Crippen LogP contribution < -0.4 is 31.9 Å². The third-order valence-electron chi connectivity index (χ3n) is 25.4. The Morgan fingerprint density at radius 2 is 0.336 bits per heavy atom. The van der Waals surface area contributed by atoms with E-state index in [-0.39, 0.29) is 114 Å². The van der Waals surface area contributed by atoms with Crippen LogP contribution in [0.25, 0.3) is 0 Å². The summed E-state index contributed by atoms with van der Waals surface area (Å²) in [6.45, 7) is 53.4. The van der Waals surface area contributed by atoms with Gasteiger partial charge in [0.05, 0.1) is 290 Å². The molecule has 15 atom stereocenters. The normalized spacial score (nSPS) is 26.7. The Bertz CT molecular complexity index is 2720. The molecule has 0 aromatic heterocycles. The van der Waals surface area contributed by atoms with Crippen molar-refractivity contribution in [3.63, 3.8) is 0 Å². The van der Waals surface area contributed by atoms with Crippen LogP contribution in [0.1, 0.15) is 20.8 Å². The van der Waals surface area contributed by atoms with Gasteiger partial charge in [0, 0.05) is 263 Å². The molecule has 0 aromatic rings. The van der Waals surface area contributed by atoms with Crippen LogP contribution in [0.4, 0.5) is 0 Å². The molecular formula is C95H188N14O31. The van der Waals surface area contributed by atoms with Gasteiger partial charge in [0.1, 0.15) is 42.7 Å². The molecule has 14 fully saturated rings. The summed E-state index contributed by atoms with van der Waals surface area (Å²) in [5.74, 6) is 0. The van der Waals surface area contributed by atoms with E-state index in [0.717, 1.165) is 243 Å². The van der Waals surface area contributed by atoms with Crippen LogP contribution in [0.3, 0.4) is 0 Å². The molecule has 824 valence electrons. The Balaban J connectivity index is 0.000000222. The van der Waals surface area contributed by atoms with E-state index >= 15 is 0 Å². The van der Waals surface area contributed by atoms with Crippen molar-refractivity contribution in [1.29, 1.82) is 0 Å². The summed E-state index contributed by atoms with van der Waals surface area (Å²) in [4.78, 5) is 17.8. The molecule has 14 rings (SSSR count). The quantitative estimate of drug-likeness (QED) is 0.0252. The fourth-order valence-electron chi connectivity index (χ4n) is 16.9. The lowest BCUT2D eigenvalue weighted by molar-refractivity contribution is -0.134. The van der Waals surface area contributed by atoms with E-state index in [2.05, 4.69) is 71.1 Å². The molecule has 45 nitrogen and oxygen atoms in total. The second-order valence-corrected chi connectivity index (χ2v) is 39.5. The van der Waals surface area contributed by atoms with Gasteiger partial charge in [-0.15, -0.1) is 0 Å². The lowest BCUT2D eigenvalue weighted by Crippen LogP contribution is -2.51. The topological polar surface area (TPSA) is 506 Å². The average Bonchev–Trinajstić information content (AvgIpc) is 1.57. The molecule has 0 saturated carbocycles. The molecule has 0 amide bonds. The number of hydrogen-bond donors (Lipinski definition) is 15. The summed E-state index contributed by atoms with van der Waals surface area (Å²) in [5, 5.41) is 111. The molecule has 0 radical (unpaired) electrons. The Labute approximate surface area is 833 Å². The van der Waals surface area contributed by atoms with Gasteiger partial charge in [-0.1, -0.05) is 0 Å². The van der Waals surface area contributed by atoms with Crippen LogP contribution in [-0.4, -0.2) is 664 Å². The summed E-state index contributed by atoms with van der Waals surface area (Å²) < 4.78 is 125. The van der Waals surface area contributed by atoms with Gasteiger partial charge in [0.15, 0.2) is 0 Å². The second-order valence-electron chi connectivity index (χ2n) is 39.5. The van der Waals surface area contributed by atoms with E-state index in [1.807, 2.05) is 20.8 Å². The van der Waals surface area contributed by atoms with Crippen LogP contribution in [0.15, 0.2) is 0 Å². The van der Waals surface area contributed by atoms with E-state index in [9.17, 15) is 40.9 Å². The first kappa shape index (κ1) is 122. The van der Waals surface area contributed by atoms with Gasteiger partial charge in [-0.3, -0.25) is 39.2 Å². The minimum absolute atomic E-state index is 0.0951. The van der Waals surface area contributed by atoms with Crippen molar-refractivity contribution in [3.05, 3.63) is 0 Å². The number of nitrogens with one attached hydrogen (secondary N) is 6. The highest BCUT2D eigenvalue weighted by molar-refractivity contribution is 4.89. The highest BCUT2D eigenvalue weighted by Crippen LogP contribution is 2.29. The number of aliphatic hydroxyl groups is 9. The van der Waals surface area contributed by atoms with E-state index in [4.69, 9.17) is 109 Å². The van der Waals surface area contributed by atoms with Gasteiger partial charge < -0.3 is 182 Å². The molecule has 15 N–H and O–H groups in total. The average molecular weight is 2020 g/mol. The molecule has 14 saturated heterocycles.